The van der Waals surface area contributed by atoms with Gasteiger partial charge in [-0.05, 0) is 81.7 Å². The minimum Gasteiger partial charge on any atom is -0.386 e. The molecule has 0 fully saturated rings. The van der Waals surface area contributed by atoms with Crippen molar-refractivity contribution >= 4 is 44.2 Å². The van der Waals surface area contributed by atoms with Crippen LogP contribution in [0.15, 0.2) is 71.8 Å². The van der Waals surface area contributed by atoms with Gasteiger partial charge in [0, 0.05) is 26.2 Å². The Hall–Kier alpha value is -2.03. The Balaban J connectivity index is 1.86. The number of benzene rings is 2. The molecule has 0 amide bonds. The summed E-state index contributed by atoms with van der Waals surface area (Å²) in [4.78, 5) is 6.88. The monoisotopic (exact) mass is 524 g/mol. The third kappa shape index (κ3) is 5.70. The second-order valence-corrected chi connectivity index (χ2v) is 14.0. The van der Waals surface area contributed by atoms with Crippen LogP contribution >= 0.6 is 23.1 Å². The molecular weight excluding hydrogens is 493 g/mol. The summed E-state index contributed by atoms with van der Waals surface area (Å²) in [5.74, 6) is 0. The molecule has 0 saturated carbocycles. The van der Waals surface area contributed by atoms with Crippen molar-refractivity contribution in [1.29, 1.82) is 0 Å². The molecule has 0 spiro atoms. The number of aromatic nitrogens is 1. The largest absolute Gasteiger partial charge is 0.386 e. The highest BCUT2D eigenvalue weighted by molar-refractivity contribution is 7.98. The molecule has 1 unspecified atom stereocenters. The number of aliphatic hydroxyl groups is 1. The van der Waals surface area contributed by atoms with Crippen LogP contribution in [-0.4, -0.2) is 25.3 Å². The fraction of sp³-hybridized carbons (Fsp3) is 0.321. The maximum Gasteiger partial charge on any atom is 0.0979 e. The van der Waals surface area contributed by atoms with Crippen LogP contribution in [0.4, 0.5) is 0 Å². The number of thioether (sulfide) groups is 1. The molecule has 0 saturated heterocycles. The van der Waals surface area contributed by atoms with Gasteiger partial charge in [0.2, 0.25) is 0 Å². The first-order valence-electron chi connectivity index (χ1n) is 11.5. The van der Waals surface area contributed by atoms with Crippen LogP contribution in [-0.2, 0) is 16.6 Å². The Kier molecular flexibility index (Phi) is 7.55. The lowest BCUT2D eigenvalue weighted by Gasteiger charge is -2.25. The second kappa shape index (κ2) is 10.1. The summed E-state index contributed by atoms with van der Waals surface area (Å²) in [6.45, 7) is 9.52. The van der Waals surface area contributed by atoms with Gasteiger partial charge in [0.05, 0.1) is 33.1 Å². The number of hydrogen-bond donors (Lipinski definition) is 2. The predicted molar refractivity (Wildman–Crippen MR) is 151 cm³/mol. The summed E-state index contributed by atoms with van der Waals surface area (Å²) in [6, 6.07) is 20.3. The summed E-state index contributed by atoms with van der Waals surface area (Å²) in [7, 11) is -1.25. The van der Waals surface area contributed by atoms with Gasteiger partial charge in [0.25, 0.3) is 0 Å². The molecular formula is C28H32N2O2S3. The maximum atomic E-state index is 13.2. The molecule has 0 radical (unpaired) electrons. The number of hydrogen-bond acceptors (Lipinski definition) is 5. The van der Waals surface area contributed by atoms with Crippen molar-refractivity contribution in [2.24, 2.45) is 0 Å². The summed E-state index contributed by atoms with van der Waals surface area (Å²) in [5, 5.41) is 11.6. The van der Waals surface area contributed by atoms with E-state index in [0.717, 1.165) is 42.2 Å². The quantitative estimate of drug-likeness (QED) is 0.254. The van der Waals surface area contributed by atoms with Crippen LogP contribution in [0, 0.1) is 0 Å². The smallest absolute Gasteiger partial charge is 0.0979 e. The van der Waals surface area contributed by atoms with Crippen molar-refractivity contribution in [3.63, 3.8) is 0 Å². The van der Waals surface area contributed by atoms with Crippen LogP contribution in [0.1, 0.15) is 56.7 Å². The second-order valence-electron chi connectivity index (χ2n) is 10.0. The molecule has 2 aromatic heterocycles. The van der Waals surface area contributed by atoms with Crippen molar-refractivity contribution in [2.45, 2.75) is 55.9 Å². The number of rotatable bonds is 7. The van der Waals surface area contributed by atoms with Gasteiger partial charge in [0.15, 0.2) is 0 Å². The molecule has 4 aromatic rings. The van der Waals surface area contributed by atoms with E-state index in [2.05, 4.69) is 46.3 Å². The number of nitrogens with zero attached hydrogens (tertiary/aromatic N) is 1. The van der Waals surface area contributed by atoms with Gasteiger partial charge < -0.3 is 5.11 Å². The average molecular weight is 525 g/mol. The lowest BCUT2D eigenvalue weighted by Crippen LogP contribution is -2.36. The van der Waals surface area contributed by atoms with Gasteiger partial charge in [-0.1, -0.05) is 36.4 Å². The minimum absolute atomic E-state index is 0.209. The van der Waals surface area contributed by atoms with Gasteiger partial charge in [-0.15, -0.1) is 23.1 Å². The average Bonchev–Trinajstić information content (AvgIpc) is 3.25. The lowest BCUT2D eigenvalue weighted by atomic mass is 9.97. The highest BCUT2D eigenvalue weighted by Crippen LogP contribution is 2.41. The Morgan fingerprint density at radius 3 is 2.46 bits per heavy atom. The molecule has 2 heterocycles. The topological polar surface area (TPSA) is 62.2 Å². The highest BCUT2D eigenvalue weighted by atomic mass is 32.2. The number of pyridine rings is 1. The summed E-state index contributed by atoms with van der Waals surface area (Å²) in [6.07, 6.45) is 3.82. The summed E-state index contributed by atoms with van der Waals surface area (Å²) >= 11 is 3.39. The minimum atomic E-state index is -1.25. The molecule has 4 rings (SSSR count). The lowest BCUT2D eigenvalue weighted by molar-refractivity contribution is 0.0785. The first-order chi connectivity index (χ1) is 16.5. The Labute approximate surface area is 218 Å². The van der Waals surface area contributed by atoms with E-state index in [4.69, 9.17) is 0 Å². The van der Waals surface area contributed by atoms with E-state index in [-0.39, 0.29) is 6.04 Å². The van der Waals surface area contributed by atoms with Gasteiger partial charge in [-0.25, -0.2) is 8.93 Å². The normalized spacial score (nSPS) is 14.3. The van der Waals surface area contributed by atoms with E-state index in [1.807, 2.05) is 51.1 Å². The molecule has 0 bridgehead atoms. The Morgan fingerprint density at radius 1 is 1.03 bits per heavy atom. The third-order valence-electron chi connectivity index (χ3n) is 5.82. The van der Waals surface area contributed by atoms with E-state index in [1.54, 1.807) is 43.1 Å². The van der Waals surface area contributed by atoms with Crippen molar-refractivity contribution in [3.05, 3.63) is 82.9 Å². The number of fused-ring (bicyclic) bond motifs is 1. The Morgan fingerprint density at radius 2 is 1.77 bits per heavy atom. The SMILES string of the molecule is CSc1ccccc1C(N[S@@](=O)C(C)(C)C)c1cc2cccc(-c3cc(C(C)(C)O)ccn3)c2s1. The standard InChI is InChI=1S/C28H32N2O2S3/c1-27(2,3)35(32)30-25(21-11-7-8-13-23(21)33-6)24-16-18-10-9-12-20(26(18)34-24)22-17-19(14-15-29-22)28(4,5)31/h7-17,25,30-31H,1-6H3/t25?,35-/m0/s1. The van der Waals surface area contributed by atoms with E-state index >= 15 is 0 Å². The van der Waals surface area contributed by atoms with Crippen LogP contribution in [0.3, 0.4) is 0 Å². The maximum absolute atomic E-state index is 13.2. The van der Waals surface area contributed by atoms with Crippen LogP contribution in [0.2, 0.25) is 0 Å². The fourth-order valence-corrected chi connectivity index (χ4v) is 6.63. The predicted octanol–water partition coefficient (Wildman–Crippen LogP) is 7.05. The van der Waals surface area contributed by atoms with Crippen molar-refractivity contribution in [3.8, 4) is 11.3 Å². The Bertz CT molecular complexity index is 1370. The number of nitrogens with one attached hydrogen (secondary N) is 1. The molecule has 4 nitrogen and oxygen atoms in total. The van der Waals surface area contributed by atoms with Crippen molar-refractivity contribution < 1.29 is 9.32 Å². The molecule has 2 N–H and O–H groups in total. The summed E-state index contributed by atoms with van der Waals surface area (Å²) in [5.41, 5.74) is 2.85. The van der Waals surface area contributed by atoms with E-state index < -0.39 is 21.3 Å². The molecule has 7 heteroatoms. The van der Waals surface area contributed by atoms with Gasteiger partial charge in [0.1, 0.15) is 0 Å². The molecule has 35 heavy (non-hydrogen) atoms. The van der Waals surface area contributed by atoms with Crippen molar-refractivity contribution in [1.82, 2.24) is 9.71 Å². The number of thiophene rings is 1. The first-order valence-corrected chi connectivity index (χ1v) is 14.7. The van der Waals surface area contributed by atoms with Crippen LogP contribution in [0.25, 0.3) is 21.3 Å². The molecule has 184 valence electrons. The zero-order chi connectivity index (χ0) is 25.4. The molecule has 0 aliphatic heterocycles. The van der Waals surface area contributed by atoms with Crippen molar-refractivity contribution in [2.75, 3.05) is 6.26 Å². The van der Waals surface area contributed by atoms with Gasteiger partial charge in [-0.3, -0.25) is 4.98 Å². The van der Waals surface area contributed by atoms with E-state index in [9.17, 15) is 9.32 Å². The first kappa shape index (κ1) is 26.0. The van der Waals surface area contributed by atoms with Gasteiger partial charge >= 0.3 is 0 Å². The summed E-state index contributed by atoms with van der Waals surface area (Å²) < 4.78 is 17.4. The molecule has 0 aliphatic carbocycles. The fourth-order valence-electron chi connectivity index (χ4n) is 3.85. The van der Waals surface area contributed by atoms with Crippen LogP contribution < -0.4 is 4.72 Å². The highest BCUT2D eigenvalue weighted by Gasteiger charge is 2.27. The third-order valence-corrected chi connectivity index (χ3v) is 9.44. The zero-order valence-corrected chi connectivity index (χ0v) is 23.4. The van der Waals surface area contributed by atoms with E-state index in [0.29, 0.717) is 0 Å². The van der Waals surface area contributed by atoms with Gasteiger partial charge in [-0.2, -0.15) is 0 Å². The van der Waals surface area contributed by atoms with Crippen LogP contribution in [0.5, 0.6) is 0 Å². The van der Waals surface area contributed by atoms with E-state index in [1.165, 1.54) is 0 Å². The zero-order valence-electron chi connectivity index (χ0n) is 21.0. The molecule has 2 atom stereocenters. The molecule has 0 aliphatic rings. The molecule has 2 aromatic carbocycles.